The Balaban J connectivity index is 2.02. The molecule has 0 bridgehead atoms. The van der Waals surface area contributed by atoms with Gasteiger partial charge in [0, 0.05) is 24.6 Å². The lowest BCUT2D eigenvalue weighted by Gasteiger charge is -2.25. The summed E-state index contributed by atoms with van der Waals surface area (Å²) in [5, 5.41) is 12.3. The maximum absolute atomic E-state index is 12.4. The highest BCUT2D eigenvalue weighted by molar-refractivity contribution is 6.01. The number of aromatic hydroxyl groups is 1. The van der Waals surface area contributed by atoms with Crippen LogP contribution in [0.4, 0.5) is 0 Å². The summed E-state index contributed by atoms with van der Waals surface area (Å²) in [7, 11) is 1.54. The molecule has 0 spiro atoms. The molecular weight excluding hydrogens is 314 g/mol. The first-order chi connectivity index (χ1) is 12.2. The molecule has 2 aromatic carbocycles. The van der Waals surface area contributed by atoms with E-state index in [2.05, 4.69) is 6.92 Å². The molecule has 4 heteroatoms. The van der Waals surface area contributed by atoms with Crippen LogP contribution in [0.5, 0.6) is 11.5 Å². The minimum absolute atomic E-state index is 0.0477. The number of ether oxygens (including phenoxy) is 1. The average molecular weight is 339 g/mol. The second-order valence-electron chi connectivity index (χ2n) is 6.43. The zero-order valence-electron chi connectivity index (χ0n) is 14.9. The van der Waals surface area contributed by atoms with Crippen molar-refractivity contribution in [2.24, 2.45) is 0 Å². The highest BCUT2D eigenvalue weighted by Crippen LogP contribution is 2.39. The third-order valence-electron chi connectivity index (χ3n) is 4.89. The van der Waals surface area contributed by atoms with Gasteiger partial charge in [-0.2, -0.15) is 0 Å². The van der Waals surface area contributed by atoms with E-state index in [1.54, 1.807) is 19.3 Å². The van der Waals surface area contributed by atoms with Crippen LogP contribution in [0.1, 0.15) is 37.3 Å². The van der Waals surface area contributed by atoms with Crippen molar-refractivity contribution in [3.63, 3.8) is 0 Å². The Morgan fingerprint density at radius 1 is 1.28 bits per heavy atom. The fourth-order valence-electron chi connectivity index (χ4n) is 3.50. The molecule has 132 valence electrons. The normalized spacial score (nSPS) is 15.0. The van der Waals surface area contributed by atoms with Crippen molar-refractivity contribution in [1.82, 2.24) is 4.90 Å². The quantitative estimate of drug-likeness (QED) is 0.852. The van der Waals surface area contributed by atoms with Gasteiger partial charge in [0.1, 0.15) is 0 Å². The largest absolute Gasteiger partial charge is 0.504 e. The molecule has 4 nitrogen and oxygen atoms in total. The summed E-state index contributed by atoms with van der Waals surface area (Å²) in [5.41, 5.74) is 1.94. The topological polar surface area (TPSA) is 49.8 Å². The third-order valence-corrected chi connectivity index (χ3v) is 4.89. The maximum Gasteiger partial charge on any atom is 0.246 e. The van der Waals surface area contributed by atoms with Crippen LogP contribution in [0.2, 0.25) is 0 Å². The molecule has 25 heavy (non-hydrogen) atoms. The van der Waals surface area contributed by atoms with Crippen LogP contribution in [0.3, 0.4) is 0 Å². The van der Waals surface area contributed by atoms with E-state index >= 15 is 0 Å². The van der Waals surface area contributed by atoms with E-state index in [9.17, 15) is 9.90 Å². The zero-order valence-corrected chi connectivity index (χ0v) is 14.9. The van der Waals surface area contributed by atoms with Crippen molar-refractivity contribution in [2.75, 3.05) is 20.2 Å². The van der Waals surface area contributed by atoms with Gasteiger partial charge in [0.25, 0.3) is 0 Å². The molecule has 1 saturated heterocycles. The number of methoxy groups -OCH3 is 1. The molecule has 0 saturated carbocycles. The lowest BCUT2D eigenvalue weighted by Crippen LogP contribution is -2.34. The van der Waals surface area contributed by atoms with Crippen molar-refractivity contribution in [3.05, 3.63) is 41.5 Å². The van der Waals surface area contributed by atoms with Crippen LogP contribution >= 0.6 is 0 Å². The second-order valence-corrected chi connectivity index (χ2v) is 6.43. The third kappa shape index (κ3) is 3.48. The van der Waals surface area contributed by atoms with E-state index in [1.807, 2.05) is 29.2 Å². The fraction of sp³-hybridized carbons (Fsp3) is 0.381. The molecule has 0 aromatic heterocycles. The van der Waals surface area contributed by atoms with Crippen molar-refractivity contribution >= 4 is 22.8 Å². The van der Waals surface area contributed by atoms with E-state index in [4.69, 9.17) is 4.74 Å². The molecule has 0 aliphatic carbocycles. The Bertz CT molecular complexity index is 804. The molecule has 0 unspecified atom stereocenters. The summed E-state index contributed by atoms with van der Waals surface area (Å²) < 4.78 is 5.34. The summed E-state index contributed by atoms with van der Waals surface area (Å²) in [5.74, 6) is 0.638. The van der Waals surface area contributed by atoms with Gasteiger partial charge in [0.15, 0.2) is 11.5 Å². The van der Waals surface area contributed by atoms with Crippen molar-refractivity contribution < 1.29 is 14.6 Å². The van der Waals surface area contributed by atoms with Gasteiger partial charge in [-0.25, -0.2) is 0 Å². The average Bonchev–Trinajstić information content (AvgIpc) is 2.67. The number of phenols is 1. The van der Waals surface area contributed by atoms with Crippen LogP contribution in [0.15, 0.2) is 30.3 Å². The van der Waals surface area contributed by atoms with Gasteiger partial charge in [-0.3, -0.25) is 4.79 Å². The van der Waals surface area contributed by atoms with Crippen molar-refractivity contribution in [2.45, 2.75) is 32.6 Å². The highest BCUT2D eigenvalue weighted by Gasteiger charge is 2.16. The number of nitrogens with zero attached hydrogens (tertiary/aromatic N) is 1. The summed E-state index contributed by atoms with van der Waals surface area (Å²) in [4.78, 5) is 14.3. The maximum atomic E-state index is 12.4. The molecule has 1 N–H and O–H groups in total. The molecular formula is C21H25NO3. The van der Waals surface area contributed by atoms with E-state index in [0.717, 1.165) is 54.3 Å². The molecule has 2 aromatic rings. The summed E-state index contributed by atoms with van der Waals surface area (Å²) in [6, 6.07) is 7.75. The van der Waals surface area contributed by atoms with Crippen LogP contribution in [0.25, 0.3) is 16.8 Å². The van der Waals surface area contributed by atoms with Crippen LogP contribution < -0.4 is 4.74 Å². The van der Waals surface area contributed by atoms with E-state index < -0.39 is 0 Å². The molecule has 1 heterocycles. The number of hydrogen-bond acceptors (Lipinski definition) is 3. The van der Waals surface area contributed by atoms with Crippen molar-refractivity contribution in [3.8, 4) is 11.5 Å². The Kier molecular flexibility index (Phi) is 5.27. The van der Waals surface area contributed by atoms with Gasteiger partial charge in [0.2, 0.25) is 5.91 Å². The number of aryl methyl sites for hydroxylation is 1. The van der Waals surface area contributed by atoms with Crippen LogP contribution in [-0.2, 0) is 11.2 Å². The van der Waals surface area contributed by atoms with Gasteiger partial charge in [-0.05, 0) is 54.3 Å². The highest BCUT2D eigenvalue weighted by atomic mass is 16.5. The first kappa shape index (κ1) is 17.3. The number of phenolic OH excluding ortho intramolecular Hbond substituents is 1. The molecule has 0 radical (unpaired) electrons. The van der Waals surface area contributed by atoms with E-state index in [-0.39, 0.29) is 11.7 Å². The predicted octanol–water partition coefficient (Wildman–Crippen LogP) is 4.14. The molecule has 3 rings (SSSR count). The first-order valence-electron chi connectivity index (χ1n) is 8.94. The number of benzene rings is 2. The Hall–Kier alpha value is -2.49. The standard InChI is InChI=1S/C21H25NO3/c1-3-15-8-7-9-17-16(14-18(25-2)21(24)20(15)17)10-11-19(23)22-12-5-4-6-13-22/h7-11,14,24H,3-6,12-13H2,1-2H3. The monoisotopic (exact) mass is 339 g/mol. The minimum atomic E-state index is 0.0477. The smallest absolute Gasteiger partial charge is 0.246 e. The summed E-state index contributed by atoms with van der Waals surface area (Å²) in [6.07, 6.45) is 7.64. The summed E-state index contributed by atoms with van der Waals surface area (Å²) in [6.45, 7) is 3.73. The first-order valence-corrected chi connectivity index (χ1v) is 8.94. The molecule has 0 atom stereocenters. The second kappa shape index (κ2) is 7.60. The number of carbonyl (C=O) groups is 1. The minimum Gasteiger partial charge on any atom is -0.504 e. The van der Waals surface area contributed by atoms with Gasteiger partial charge in [-0.1, -0.05) is 25.1 Å². The van der Waals surface area contributed by atoms with Gasteiger partial charge in [0.05, 0.1) is 7.11 Å². The Labute approximate surface area is 148 Å². The molecule has 1 aliphatic rings. The number of carbonyl (C=O) groups excluding carboxylic acids is 1. The van der Waals surface area contributed by atoms with E-state index in [1.165, 1.54) is 6.42 Å². The number of amides is 1. The number of hydrogen-bond donors (Lipinski definition) is 1. The predicted molar refractivity (Wildman–Crippen MR) is 101 cm³/mol. The van der Waals surface area contributed by atoms with Gasteiger partial charge >= 0.3 is 0 Å². The van der Waals surface area contributed by atoms with E-state index in [0.29, 0.717) is 5.75 Å². The van der Waals surface area contributed by atoms with Crippen molar-refractivity contribution in [1.29, 1.82) is 0 Å². The van der Waals surface area contributed by atoms with Crippen LogP contribution in [-0.4, -0.2) is 36.1 Å². The fourth-order valence-corrected chi connectivity index (χ4v) is 3.50. The van der Waals surface area contributed by atoms with Crippen LogP contribution in [0, 0.1) is 0 Å². The Morgan fingerprint density at radius 2 is 2.04 bits per heavy atom. The number of likely N-dealkylation sites (tertiary alicyclic amines) is 1. The number of piperidine rings is 1. The van der Waals surface area contributed by atoms with Gasteiger partial charge < -0.3 is 14.7 Å². The molecule has 1 aliphatic heterocycles. The molecule has 1 amide bonds. The SMILES string of the molecule is CCc1cccc2c(C=CC(=O)N3CCCCC3)cc(OC)c(O)c12. The number of fused-ring (bicyclic) bond motifs is 1. The zero-order chi connectivity index (χ0) is 17.8. The molecule has 1 fully saturated rings. The van der Waals surface area contributed by atoms with Gasteiger partial charge in [-0.15, -0.1) is 0 Å². The lowest BCUT2D eigenvalue weighted by atomic mass is 9.97. The Morgan fingerprint density at radius 3 is 2.72 bits per heavy atom. The summed E-state index contributed by atoms with van der Waals surface area (Å²) >= 11 is 0. The number of rotatable bonds is 4. The lowest BCUT2D eigenvalue weighted by molar-refractivity contribution is -0.126.